The maximum Gasteiger partial charge on any atom is 0.0389 e. The van der Waals surface area contributed by atoms with E-state index in [1.54, 1.807) is 0 Å². The quantitative estimate of drug-likeness (QED) is 0.769. The molecule has 2 fully saturated rings. The predicted octanol–water partition coefficient (Wildman–Crippen LogP) is 3.14. The predicted molar refractivity (Wildman–Crippen MR) is 68.9 cm³/mol. The summed E-state index contributed by atoms with van der Waals surface area (Å²) in [5.41, 5.74) is 9.75. The fourth-order valence-electron chi connectivity index (χ4n) is 2.65. The van der Waals surface area contributed by atoms with E-state index in [2.05, 4.69) is 23.1 Å². The van der Waals surface area contributed by atoms with E-state index in [0.717, 1.165) is 11.6 Å². The van der Waals surface area contributed by atoms with Gasteiger partial charge in [0.05, 0.1) is 0 Å². The minimum atomic E-state index is 0.798. The van der Waals surface area contributed by atoms with E-state index < -0.39 is 0 Å². The molecule has 1 aliphatic heterocycles. The molecule has 3 rings (SSSR count). The van der Waals surface area contributed by atoms with Crippen LogP contribution in [0.3, 0.4) is 0 Å². The number of benzene rings is 1. The van der Waals surface area contributed by atoms with E-state index in [1.807, 2.05) is 0 Å². The molecule has 2 N–H and O–H groups in total. The maximum absolute atomic E-state index is 6.00. The van der Waals surface area contributed by atoms with E-state index in [4.69, 9.17) is 5.73 Å². The molecule has 2 nitrogen and oxygen atoms in total. The lowest BCUT2D eigenvalue weighted by Crippen LogP contribution is -2.29. The lowest BCUT2D eigenvalue weighted by Gasteiger charge is -2.29. The Morgan fingerprint density at radius 1 is 1.00 bits per heavy atom. The summed E-state index contributed by atoms with van der Waals surface area (Å²) in [7, 11) is 0. The number of hydrogen-bond acceptors (Lipinski definition) is 2. The molecule has 0 unspecified atom stereocenters. The number of nitrogen functional groups attached to an aromatic ring is 1. The Hall–Kier alpha value is -1.18. The van der Waals surface area contributed by atoms with Crippen molar-refractivity contribution in [3.8, 4) is 0 Å². The molecule has 2 heteroatoms. The molecule has 1 aromatic rings. The minimum Gasteiger partial charge on any atom is -0.399 e. The maximum atomic E-state index is 6.00. The van der Waals surface area contributed by atoms with Crippen molar-refractivity contribution in [2.24, 2.45) is 0 Å². The van der Waals surface area contributed by atoms with Gasteiger partial charge in [-0.25, -0.2) is 0 Å². The molecular weight excluding hydrogens is 196 g/mol. The highest BCUT2D eigenvalue weighted by Gasteiger charge is 2.24. The summed E-state index contributed by atoms with van der Waals surface area (Å²) in [4.78, 5) is 2.49. The molecule has 0 radical (unpaired) electrons. The Kier molecular flexibility index (Phi) is 2.50. The van der Waals surface area contributed by atoms with Crippen molar-refractivity contribution in [2.75, 3.05) is 23.7 Å². The summed E-state index contributed by atoms with van der Waals surface area (Å²) < 4.78 is 0. The third-order valence-electron chi connectivity index (χ3n) is 3.73. The van der Waals surface area contributed by atoms with Crippen LogP contribution in [0.2, 0.25) is 0 Å². The van der Waals surface area contributed by atoms with Gasteiger partial charge in [0.25, 0.3) is 0 Å². The van der Waals surface area contributed by atoms with E-state index >= 15 is 0 Å². The van der Waals surface area contributed by atoms with Crippen molar-refractivity contribution < 1.29 is 0 Å². The zero-order valence-electron chi connectivity index (χ0n) is 9.78. The number of piperidine rings is 1. The molecule has 2 aliphatic rings. The zero-order chi connectivity index (χ0) is 11.0. The molecule has 86 valence electrons. The second-order valence-corrected chi connectivity index (χ2v) is 5.18. The van der Waals surface area contributed by atoms with E-state index in [1.165, 1.54) is 56.4 Å². The molecule has 1 saturated heterocycles. The largest absolute Gasteiger partial charge is 0.399 e. The second kappa shape index (κ2) is 4.00. The highest BCUT2D eigenvalue weighted by Crippen LogP contribution is 2.42. The van der Waals surface area contributed by atoms with Gasteiger partial charge in [-0.3, -0.25) is 0 Å². The highest BCUT2D eigenvalue weighted by molar-refractivity contribution is 5.59. The number of anilines is 2. The van der Waals surface area contributed by atoms with Gasteiger partial charge in [-0.1, -0.05) is 0 Å². The van der Waals surface area contributed by atoms with Gasteiger partial charge in [0, 0.05) is 24.5 Å². The zero-order valence-corrected chi connectivity index (χ0v) is 9.78. The van der Waals surface area contributed by atoms with Gasteiger partial charge < -0.3 is 10.6 Å². The topological polar surface area (TPSA) is 29.3 Å². The summed E-state index contributed by atoms with van der Waals surface area (Å²) in [5.74, 6) is 0.798. The van der Waals surface area contributed by atoms with Crippen LogP contribution in [-0.4, -0.2) is 13.1 Å². The van der Waals surface area contributed by atoms with Crippen molar-refractivity contribution in [3.05, 3.63) is 23.8 Å². The SMILES string of the molecule is Nc1cc(C2CC2)cc(N2CCCCC2)c1. The molecule has 0 aromatic heterocycles. The van der Waals surface area contributed by atoms with Gasteiger partial charge >= 0.3 is 0 Å². The second-order valence-electron chi connectivity index (χ2n) is 5.18. The first-order valence-electron chi connectivity index (χ1n) is 6.48. The molecule has 0 atom stereocenters. The summed E-state index contributed by atoms with van der Waals surface area (Å²) >= 11 is 0. The third kappa shape index (κ3) is 2.01. The molecule has 1 saturated carbocycles. The number of rotatable bonds is 2. The standard InChI is InChI=1S/C14H20N2/c15-13-8-12(11-4-5-11)9-14(10-13)16-6-2-1-3-7-16/h8-11H,1-7,15H2. The van der Waals surface area contributed by atoms with Gasteiger partial charge in [0.1, 0.15) is 0 Å². The Balaban J connectivity index is 1.86. The van der Waals surface area contributed by atoms with Crippen LogP contribution in [-0.2, 0) is 0 Å². The van der Waals surface area contributed by atoms with E-state index in [9.17, 15) is 0 Å². The molecule has 0 bridgehead atoms. The van der Waals surface area contributed by atoms with Crippen LogP contribution in [0.25, 0.3) is 0 Å². The summed E-state index contributed by atoms with van der Waals surface area (Å²) in [6.07, 6.45) is 6.74. The van der Waals surface area contributed by atoms with Crippen molar-refractivity contribution >= 4 is 11.4 Å². The van der Waals surface area contributed by atoms with Crippen LogP contribution in [0.4, 0.5) is 11.4 Å². The fourth-order valence-corrected chi connectivity index (χ4v) is 2.65. The molecule has 1 aromatic carbocycles. The lowest BCUT2D eigenvalue weighted by molar-refractivity contribution is 0.578. The average Bonchev–Trinajstić information content (AvgIpc) is 3.13. The van der Waals surface area contributed by atoms with E-state index in [-0.39, 0.29) is 0 Å². The lowest BCUT2D eigenvalue weighted by atomic mass is 10.1. The van der Waals surface area contributed by atoms with Crippen molar-refractivity contribution in [3.63, 3.8) is 0 Å². The van der Waals surface area contributed by atoms with Crippen molar-refractivity contribution in [1.29, 1.82) is 0 Å². The Labute approximate surface area is 97.4 Å². The van der Waals surface area contributed by atoms with Gasteiger partial charge in [0.2, 0.25) is 0 Å². The van der Waals surface area contributed by atoms with Crippen LogP contribution >= 0.6 is 0 Å². The minimum absolute atomic E-state index is 0.798. The first kappa shape index (κ1) is 10.0. The molecule has 0 amide bonds. The Morgan fingerprint density at radius 3 is 2.44 bits per heavy atom. The average molecular weight is 216 g/mol. The summed E-state index contributed by atoms with van der Waals surface area (Å²) in [6.45, 7) is 2.40. The summed E-state index contributed by atoms with van der Waals surface area (Å²) in [6, 6.07) is 6.65. The summed E-state index contributed by atoms with van der Waals surface area (Å²) in [5, 5.41) is 0. The molecule has 16 heavy (non-hydrogen) atoms. The fraction of sp³-hybridized carbons (Fsp3) is 0.571. The number of nitrogens with zero attached hydrogens (tertiary/aromatic N) is 1. The van der Waals surface area contributed by atoms with Gasteiger partial charge in [0.15, 0.2) is 0 Å². The van der Waals surface area contributed by atoms with Crippen LogP contribution < -0.4 is 10.6 Å². The molecule has 1 aliphatic carbocycles. The van der Waals surface area contributed by atoms with Gasteiger partial charge in [-0.2, -0.15) is 0 Å². The monoisotopic (exact) mass is 216 g/mol. The van der Waals surface area contributed by atoms with Crippen molar-refractivity contribution in [1.82, 2.24) is 0 Å². The first-order chi connectivity index (χ1) is 7.83. The Morgan fingerprint density at radius 2 is 1.75 bits per heavy atom. The van der Waals surface area contributed by atoms with Crippen LogP contribution in [0.5, 0.6) is 0 Å². The van der Waals surface area contributed by atoms with Crippen molar-refractivity contribution in [2.45, 2.75) is 38.0 Å². The number of nitrogens with two attached hydrogens (primary N) is 1. The molecule has 1 heterocycles. The molecular formula is C14H20N2. The highest BCUT2D eigenvalue weighted by atomic mass is 15.1. The molecule has 0 spiro atoms. The normalized spacial score (nSPS) is 21.1. The van der Waals surface area contributed by atoms with E-state index in [0.29, 0.717) is 0 Å². The first-order valence-corrected chi connectivity index (χ1v) is 6.48. The van der Waals surface area contributed by atoms with Gasteiger partial charge in [-0.05, 0) is 61.8 Å². The van der Waals surface area contributed by atoms with Crippen LogP contribution in [0, 0.1) is 0 Å². The van der Waals surface area contributed by atoms with Crippen LogP contribution in [0.15, 0.2) is 18.2 Å². The van der Waals surface area contributed by atoms with Crippen LogP contribution in [0.1, 0.15) is 43.6 Å². The number of hydrogen-bond donors (Lipinski definition) is 1. The van der Waals surface area contributed by atoms with Gasteiger partial charge in [-0.15, -0.1) is 0 Å². The Bertz CT molecular complexity index is 376. The smallest absolute Gasteiger partial charge is 0.0389 e. The third-order valence-corrected chi connectivity index (χ3v) is 3.73.